The van der Waals surface area contributed by atoms with Crippen LogP contribution in [0.3, 0.4) is 0 Å². The molecule has 0 spiro atoms. The molecule has 3 heterocycles. The predicted molar refractivity (Wildman–Crippen MR) is 94.8 cm³/mol. The largest absolute Gasteiger partial charge is 0.372 e. The quantitative estimate of drug-likeness (QED) is 0.756. The van der Waals surface area contributed by atoms with Gasteiger partial charge in [0.2, 0.25) is 0 Å². The normalized spacial score (nSPS) is 21.4. The lowest BCUT2D eigenvalue weighted by atomic mass is 9.97. The zero-order chi connectivity index (χ0) is 16.4. The molecule has 0 amide bonds. The molecule has 4 rings (SSSR count). The molecule has 1 aromatic carbocycles. The molecule has 5 heteroatoms. The minimum Gasteiger partial charge on any atom is -0.372 e. The molecule has 1 aliphatic rings. The highest BCUT2D eigenvalue weighted by Crippen LogP contribution is 2.29. The molecule has 0 aliphatic carbocycles. The average Bonchev–Trinajstić information content (AvgIpc) is 3.29. The highest BCUT2D eigenvalue weighted by Gasteiger charge is 2.28. The van der Waals surface area contributed by atoms with Gasteiger partial charge in [0.1, 0.15) is 6.10 Å². The van der Waals surface area contributed by atoms with Gasteiger partial charge >= 0.3 is 0 Å². The number of aryl methyl sites for hydroxylation is 1. The van der Waals surface area contributed by atoms with Crippen molar-refractivity contribution < 1.29 is 4.74 Å². The minimum atomic E-state index is 0.0851. The van der Waals surface area contributed by atoms with E-state index in [-0.39, 0.29) is 6.10 Å². The molecular weight excluding hydrogens is 300 g/mol. The Labute approximate surface area is 142 Å². The monoisotopic (exact) mass is 324 g/mol. The first kappa shape index (κ1) is 15.4. The molecular formula is C19H24N4O. The number of benzene rings is 1. The number of hydrogen-bond donors (Lipinski definition) is 2. The third-order valence-corrected chi connectivity index (χ3v) is 4.86. The van der Waals surface area contributed by atoms with E-state index < -0.39 is 0 Å². The van der Waals surface area contributed by atoms with Crippen LogP contribution in [0.15, 0.2) is 42.9 Å². The van der Waals surface area contributed by atoms with E-state index in [2.05, 4.69) is 52.8 Å². The first-order chi connectivity index (χ1) is 11.8. The number of nitrogens with zero attached hydrogens (tertiary/aromatic N) is 2. The second kappa shape index (κ2) is 6.79. The highest BCUT2D eigenvalue weighted by molar-refractivity contribution is 5.82. The van der Waals surface area contributed by atoms with Crippen LogP contribution in [0.4, 0.5) is 0 Å². The highest BCUT2D eigenvalue weighted by atomic mass is 16.5. The summed E-state index contributed by atoms with van der Waals surface area (Å²) in [6, 6.07) is 8.87. The van der Waals surface area contributed by atoms with Gasteiger partial charge in [-0.25, -0.2) is 0 Å². The fourth-order valence-corrected chi connectivity index (χ4v) is 3.56. The standard InChI is InChI=1S/C19H24N4O/c1-2-23-13-16(12-22-23)19-17(7-4-10-24-19)21-11-15-6-3-5-14-8-9-20-18(14)15/h3,5-6,8-9,12-13,17,19-21H,2,4,7,10-11H2,1H3/t17-,19+/m0/s1. The first-order valence-corrected chi connectivity index (χ1v) is 8.77. The third kappa shape index (κ3) is 2.97. The number of fused-ring (bicyclic) bond motifs is 1. The van der Waals surface area contributed by atoms with Gasteiger partial charge < -0.3 is 15.0 Å². The van der Waals surface area contributed by atoms with Gasteiger partial charge in [0.25, 0.3) is 0 Å². The van der Waals surface area contributed by atoms with Crippen LogP contribution in [0, 0.1) is 0 Å². The van der Waals surface area contributed by atoms with Crippen LogP contribution in [-0.4, -0.2) is 27.4 Å². The third-order valence-electron chi connectivity index (χ3n) is 4.86. The summed E-state index contributed by atoms with van der Waals surface area (Å²) in [7, 11) is 0. The molecule has 0 saturated carbocycles. The summed E-state index contributed by atoms with van der Waals surface area (Å²) in [5.74, 6) is 0. The summed E-state index contributed by atoms with van der Waals surface area (Å²) < 4.78 is 8.03. The maximum Gasteiger partial charge on any atom is 0.101 e. The van der Waals surface area contributed by atoms with E-state index in [1.54, 1.807) is 0 Å². The van der Waals surface area contributed by atoms with E-state index in [4.69, 9.17) is 4.74 Å². The van der Waals surface area contributed by atoms with Crippen molar-refractivity contribution in [3.8, 4) is 0 Å². The van der Waals surface area contributed by atoms with Crippen molar-refractivity contribution in [2.75, 3.05) is 6.61 Å². The second-order valence-electron chi connectivity index (χ2n) is 6.41. The van der Waals surface area contributed by atoms with Gasteiger partial charge in [-0.1, -0.05) is 18.2 Å². The van der Waals surface area contributed by atoms with Gasteiger partial charge in [0, 0.05) is 49.2 Å². The molecule has 24 heavy (non-hydrogen) atoms. The fraction of sp³-hybridized carbons (Fsp3) is 0.421. The van der Waals surface area contributed by atoms with Crippen molar-refractivity contribution in [3.63, 3.8) is 0 Å². The van der Waals surface area contributed by atoms with Crippen molar-refractivity contribution >= 4 is 10.9 Å². The summed E-state index contributed by atoms with van der Waals surface area (Å²) >= 11 is 0. The summed E-state index contributed by atoms with van der Waals surface area (Å²) in [5, 5.41) is 9.37. The molecule has 2 aromatic heterocycles. The average molecular weight is 324 g/mol. The molecule has 126 valence electrons. The first-order valence-electron chi connectivity index (χ1n) is 8.77. The number of H-pyrrole nitrogens is 1. The van der Waals surface area contributed by atoms with Crippen LogP contribution in [-0.2, 0) is 17.8 Å². The van der Waals surface area contributed by atoms with E-state index in [1.807, 2.05) is 17.1 Å². The van der Waals surface area contributed by atoms with Gasteiger partial charge in [0.15, 0.2) is 0 Å². The van der Waals surface area contributed by atoms with E-state index in [1.165, 1.54) is 22.0 Å². The predicted octanol–water partition coefficient (Wildman–Crippen LogP) is 3.39. The molecule has 1 aliphatic heterocycles. The van der Waals surface area contributed by atoms with Gasteiger partial charge in [-0.05, 0) is 36.8 Å². The van der Waals surface area contributed by atoms with Gasteiger partial charge in [0.05, 0.1) is 6.20 Å². The Bertz CT molecular complexity index is 806. The number of nitrogens with one attached hydrogen (secondary N) is 2. The lowest BCUT2D eigenvalue weighted by Crippen LogP contribution is -2.39. The Morgan fingerprint density at radius 2 is 2.33 bits per heavy atom. The minimum absolute atomic E-state index is 0.0851. The van der Waals surface area contributed by atoms with Crippen LogP contribution in [0.25, 0.3) is 10.9 Å². The van der Waals surface area contributed by atoms with Crippen molar-refractivity contribution in [2.45, 2.75) is 45.0 Å². The number of para-hydroxylation sites is 1. The van der Waals surface area contributed by atoms with Crippen molar-refractivity contribution in [2.24, 2.45) is 0 Å². The molecule has 3 aromatic rings. The van der Waals surface area contributed by atoms with Gasteiger partial charge in [-0.3, -0.25) is 4.68 Å². The van der Waals surface area contributed by atoms with E-state index in [9.17, 15) is 0 Å². The molecule has 0 radical (unpaired) electrons. The molecule has 2 N–H and O–H groups in total. The lowest BCUT2D eigenvalue weighted by molar-refractivity contribution is -0.0112. The van der Waals surface area contributed by atoms with Crippen molar-refractivity contribution in [1.82, 2.24) is 20.1 Å². The molecule has 1 saturated heterocycles. The van der Waals surface area contributed by atoms with E-state index >= 15 is 0 Å². The van der Waals surface area contributed by atoms with Crippen LogP contribution in [0.1, 0.15) is 37.0 Å². The Morgan fingerprint density at radius 1 is 1.38 bits per heavy atom. The molecule has 2 atom stereocenters. The topological polar surface area (TPSA) is 54.9 Å². The van der Waals surface area contributed by atoms with Crippen LogP contribution >= 0.6 is 0 Å². The molecule has 5 nitrogen and oxygen atoms in total. The number of hydrogen-bond acceptors (Lipinski definition) is 3. The Kier molecular flexibility index (Phi) is 4.36. The van der Waals surface area contributed by atoms with Crippen molar-refractivity contribution in [1.29, 1.82) is 0 Å². The number of ether oxygens (including phenoxy) is 1. The second-order valence-corrected chi connectivity index (χ2v) is 6.41. The van der Waals surface area contributed by atoms with Gasteiger partial charge in [-0.2, -0.15) is 5.10 Å². The Hall–Kier alpha value is -2.11. The summed E-state index contributed by atoms with van der Waals surface area (Å²) in [5.41, 5.74) is 3.69. The lowest BCUT2D eigenvalue weighted by Gasteiger charge is -2.32. The number of rotatable bonds is 5. The number of aromatic nitrogens is 3. The number of aromatic amines is 1. The smallest absolute Gasteiger partial charge is 0.101 e. The van der Waals surface area contributed by atoms with Crippen LogP contribution < -0.4 is 5.32 Å². The molecule has 0 bridgehead atoms. The zero-order valence-corrected chi connectivity index (χ0v) is 14.0. The van der Waals surface area contributed by atoms with E-state index in [0.717, 1.165) is 32.5 Å². The van der Waals surface area contributed by atoms with Crippen LogP contribution in [0.5, 0.6) is 0 Å². The summed E-state index contributed by atoms with van der Waals surface area (Å²) in [6.07, 6.45) is 8.36. The Balaban J connectivity index is 1.50. The van der Waals surface area contributed by atoms with Crippen molar-refractivity contribution in [3.05, 3.63) is 54.0 Å². The molecule has 0 unspecified atom stereocenters. The van der Waals surface area contributed by atoms with E-state index in [0.29, 0.717) is 6.04 Å². The SMILES string of the molecule is CCn1cc([C@H]2OCCC[C@@H]2NCc2cccc3cc[nH]c23)cn1. The van der Waals surface area contributed by atoms with Gasteiger partial charge in [-0.15, -0.1) is 0 Å². The summed E-state index contributed by atoms with van der Waals surface area (Å²) in [4.78, 5) is 3.35. The fourth-order valence-electron chi connectivity index (χ4n) is 3.56. The zero-order valence-electron chi connectivity index (χ0n) is 14.0. The summed E-state index contributed by atoms with van der Waals surface area (Å²) in [6.45, 7) is 4.65. The molecule has 1 fully saturated rings. The maximum absolute atomic E-state index is 6.07. The maximum atomic E-state index is 6.07. The Morgan fingerprint density at radius 3 is 3.21 bits per heavy atom. The van der Waals surface area contributed by atoms with Crippen LogP contribution in [0.2, 0.25) is 0 Å².